The van der Waals surface area contributed by atoms with Crippen LogP contribution >= 0.6 is 11.8 Å². The van der Waals surface area contributed by atoms with Gasteiger partial charge in [-0.1, -0.05) is 25.3 Å². The summed E-state index contributed by atoms with van der Waals surface area (Å²) < 4.78 is 18.3. The number of carboxylic acid groups (broad SMARTS) is 1. The summed E-state index contributed by atoms with van der Waals surface area (Å²) in [5.74, 6) is -0.113. The number of carbonyl (C=O) groups excluding carboxylic acids is 1. The predicted molar refractivity (Wildman–Crippen MR) is 107 cm³/mol. The summed E-state index contributed by atoms with van der Waals surface area (Å²) in [6.45, 7) is 0.108. The Morgan fingerprint density at radius 1 is 1.18 bits per heavy atom. The van der Waals surface area contributed by atoms with E-state index in [4.69, 9.17) is 9.84 Å². The highest BCUT2D eigenvalue weighted by atomic mass is 32.2. The lowest BCUT2D eigenvalue weighted by atomic mass is 9.97. The second-order valence-electron chi connectivity index (χ2n) is 6.93. The molecule has 0 saturated heterocycles. The Labute approximate surface area is 169 Å². The van der Waals surface area contributed by atoms with E-state index in [9.17, 15) is 19.1 Å². The predicted octanol–water partition coefficient (Wildman–Crippen LogP) is 3.85. The molecule has 2 N–H and O–H groups in total. The number of aliphatic hydroxyl groups excluding tert-OH is 1. The second-order valence-corrected chi connectivity index (χ2v) is 8.14. The van der Waals surface area contributed by atoms with Crippen LogP contribution in [0.25, 0.3) is 0 Å². The Morgan fingerprint density at radius 3 is 2.61 bits per heavy atom. The molecule has 0 bridgehead atoms. The Hall–Kier alpha value is -1.86. The fourth-order valence-electron chi connectivity index (χ4n) is 3.08. The molecule has 1 aromatic carbocycles. The smallest absolute Gasteiger partial charge is 0.303 e. The van der Waals surface area contributed by atoms with Gasteiger partial charge in [-0.05, 0) is 43.2 Å². The van der Waals surface area contributed by atoms with Crippen molar-refractivity contribution < 1.29 is 28.9 Å². The van der Waals surface area contributed by atoms with Gasteiger partial charge in [0.25, 0.3) is 0 Å². The number of hydrogen-bond donors (Lipinski definition) is 2. The molecule has 0 saturated carbocycles. The zero-order chi connectivity index (χ0) is 20.4. The van der Waals surface area contributed by atoms with Crippen molar-refractivity contribution in [1.29, 1.82) is 0 Å². The number of benzene rings is 1. The highest BCUT2D eigenvalue weighted by Crippen LogP contribution is 2.32. The zero-order valence-electron chi connectivity index (χ0n) is 15.8. The number of allylic oxidation sites excluding steroid dienone is 1. The van der Waals surface area contributed by atoms with Gasteiger partial charge >= 0.3 is 5.97 Å². The third-order valence-electron chi connectivity index (χ3n) is 4.61. The quantitative estimate of drug-likeness (QED) is 0.481. The van der Waals surface area contributed by atoms with Gasteiger partial charge in [0.15, 0.2) is 5.78 Å². The van der Waals surface area contributed by atoms with Crippen LogP contribution in [0.2, 0.25) is 0 Å². The van der Waals surface area contributed by atoms with Crippen LogP contribution in [0.3, 0.4) is 0 Å². The van der Waals surface area contributed by atoms with Crippen LogP contribution in [0.1, 0.15) is 38.5 Å². The van der Waals surface area contributed by atoms with Crippen molar-refractivity contribution in [2.24, 2.45) is 5.92 Å². The molecule has 0 heterocycles. The van der Waals surface area contributed by atoms with Gasteiger partial charge in [0.05, 0.1) is 6.10 Å². The summed E-state index contributed by atoms with van der Waals surface area (Å²) in [4.78, 5) is 22.6. The average molecular weight is 411 g/mol. The van der Waals surface area contributed by atoms with Crippen molar-refractivity contribution in [1.82, 2.24) is 0 Å². The number of aliphatic hydroxyl groups is 1. The van der Waals surface area contributed by atoms with Gasteiger partial charge in [-0.25, -0.2) is 4.39 Å². The lowest BCUT2D eigenvalue weighted by Crippen LogP contribution is -2.24. The molecule has 1 aliphatic rings. The van der Waals surface area contributed by atoms with Gasteiger partial charge < -0.3 is 14.9 Å². The lowest BCUT2D eigenvalue weighted by Gasteiger charge is -2.19. The molecular formula is C21H27FO5S. The Balaban J connectivity index is 1.65. The lowest BCUT2D eigenvalue weighted by molar-refractivity contribution is -0.137. The van der Waals surface area contributed by atoms with Crippen LogP contribution in [-0.2, 0) is 9.59 Å². The summed E-state index contributed by atoms with van der Waals surface area (Å²) >= 11 is 1.54. The fourth-order valence-corrected chi connectivity index (χ4v) is 4.31. The Bertz CT molecular complexity index is 661. The van der Waals surface area contributed by atoms with Gasteiger partial charge in [-0.3, -0.25) is 9.59 Å². The first-order valence-electron chi connectivity index (χ1n) is 9.57. The number of aliphatic carboxylic acids is 1. The maximum Gasteiger partial charge on any atom is 0.303 e. The molecule has 1 aromatic rings. The monoisotopic (exact) mass is 410 g/mol. The number of ketones is 1. The topological polar surface area (TPSA) is 83.8 Å². The molecule has 0 aliphatic heterocycles. The number of carbonyl (C=O) groups is 2. The number of carboxylic acids is 1. The van der Waals surface area contributed by atoms with E-state index in [0.717, 1.165) is 25.7 Å². The van der Waals surface area contributed by atoms with Gasteiger partial charge in [0.2, 0.25) is 0 Å². The molecule has 5 nitrogen and oxygen atoms in total. The minimum Gasteiger partial charge on any atom is -0.491 e. The van der Waals surface area contributed by atoms with Crippen LogP contribution < -0.4 is 4.74 Å². The normalized spacial score (nSPS) is 19.7. The fraction of sp³-hybridized carbons (Fsp3) is 0.524. The highest BCUT2D eigenvalue weighted by molar-refractivity contribution is 8.00. The molecule has 3 unspecified atom stereocenters. The first kappa shape index (κ1) is 22.4. The van der Waals surface area contributed by atoms with E-state index in [1.54, 1.807) is 6.08 Å². The molecule has 3 atom stereocenters. The van der Waals surface area contributed by atoms with E-state index in [1.165, 1.54) is 36.0 Å². The molecule has 28 heavy (non-hydrogen) atoms. The number of unbranched alkanes of at least 4 members (excludes halogenated alkanes) is 3. The van der Waals surface area contributed by atoms with E-state index in [1.807, 2.05) is 6.08 Å². The van der Waals surface area contributed by atoms with Crippen LogP contribution in [0.4, 0.5) is 4.39 Å². The molecule has 0 fully saturated rings. The van der Waals surface area contributed by atoms with Gasteiger partial charge in [-0.15, -0.1) is 0 Å². The molecular weight excluding hydrogens is 383 g/mol. The summed E-state index contributed by atoms with van der Waals surface area (Å²) in [7, 11) is 0. The summed E-state index contributed by atoms with van der Waals surface area (Å²) in [5, 5.41) is 18.8. The van der Waals surface area contributed by atoms with E-state index < -0.39 is 12.1 Å². The third kappa shape index (κ3) is 8.02. The van der Waals surface area contributed by atoms with Crippen LogP contribution in [0, 0.1) is 11.7 Å². The van der Waals surface area contributed by atoms with Gasteiger partial charge in [0, 0.05) is 23.3 Å². The molecule has 2 rings (SSSR count). The molecule has 0 aromatic heterocycles. The third-order valence-corrected chi connectivity index (χ3v) is 6.05. The summed E-state index contributed by atoms with van der Waals surface area (Å²) in [6, 6.07) is 5.63. The Morgan fingerprint density at radius 2 is 1.89 bits per heavy atom. The summed E-state index contributed by atoms with van der Waals surface area (Å²) in [5.41, 5.74) is 0. The van der Waals surface area contributed by atoms with Crippen molar-refractivity contribution in [3.63, 3.8) is 0 Å². The first-order valence-corrected chi connectivity index (χ1v) is 10.6. The largest absolute Gasteiger partial charge is 0.491 e. The molecule has 0 amide bonds. The number of ether oxygens (including phenoxy) is 1. The minimum absolute atomic E-state index is 0.0481. The van der Waals surface area contributed by atoms with Crippen molar-refractivity contribution in [2.45, 2.75) is 49.9 Å². The molecule has 7 heteroatoms. The molecule has 154 valence electrons. The van der Waals surface area contributed by atoms with E-state index >= 15 is 0 Å². The number of halogens is 1. The molecule has 1 aliphatic carbocycles. The van der Waals surface area contributed by atoms with Crippen molar-refractivity contribution >= 4 is 23.5 Å². The summed E-state index contributed by atoms with van der Waals surface area (Å²) in [6.07, 6.45) is 7.15. The number of rotatable bonds is 13. The van der Waals surface area contributed by atoms with Crippen molar-refractivity contribution in [2.75, 3.05) is 12.4 Å². The first-order chi connectivity index (χ1) is 13.5. The Kier molecular flexibility index (Phi) is 9.50. The standard InChI is InChI=1S/C21H27FO5S/c22-15-7-9-17(10-8-15)27-13-16(23)14-28-20-12-11-19(24)18(20)5-3-1-2-4-6-21(25)26/h7-12,16,18,20,23H,1-6,13-14H2,(H,25,26). The second kappa shape index (κ2) is 11.9. The van der Waals surface area contributed by atoms with Gasteiger partial charge in [0.1, 0.15) is 18.2 Å². The minimum atomic E-state index is -0.770. The highest BCUT2D eigenvalue weighted by Gasteiger charge is 2.30. The van der Waals surface area contributed by atoms with Gasteiger partial charge in [-0.2, -0.15) is 11.8 Å². The van der Waals surface area contributed by atoms with Crippen LogP contribution in [-0.4, -0.2) is 45.7 Å². The van der Waals surface area contributed by atoms with E-state index in [2.05, 4.69) is 0 Å². The zero-order valence-corrected chi connectivity index (χ0v) is 16.6. The average Bonchev–Trinajstić information content (AvgIpc) is 3.02. The number of hydrogen-bond acceptors (Lipinski definition) is 5. The molecule has 0 spiro atoms. The van der Waals surface area contributed by atoms with E-state index in [-0.39, 0.29) is 35.8 Å². The maximum absolute atomic E-state index is 12.9. The van der Waals surface area contributed by atoms with Crippen LogP contribution in [0.5, 0.6) is 5.75 Å². The van der Waals surface area contributed by atoms with Crippen molar-refractivity contribution in [3.05, 3.63) is 42.2 Å². The maximum atomic E-state index is 12.9. The van der Waals surface area contributed by atoms with E-state index in [0.29, 0.717) is 17.9 Å². The van der Waals surface area contributed by atoms with Crippen LogP contribution in [0.15, 0.2) is 36.4 Å². The van der Waals surface area contributed by atoms with Crippen molar-refractivity contribution in [3.8, 4) is 5.75 Å². The molecule has 0 radical (unpaired) electrons. The number of thioether (sulfide) groups is 1. The SMILES string of the molecule is O=C(O)CCCCCCC1C(=O)C=CC1SCC(O)COc1ccc(F)cc1.